The molecule has 4 saturated carbocycles. The predicted molar refractivity (Wildman–Crippen MR) is 151 cm³/mol. The molecule has 0 spiro atoms. The Bertz CT molecular complexity index is 1170. The van der Waals surface area contributed by atoms with Gasteiger partial charge in [0.15, 0.2) is 5.76 Å². The van der Waals surface area contributed by atoms with Crippen molar-refractivity contribution in [3.05, 3.63) is 11.8 Å². The third-order valence-corrected chi connectivity index (χ3v) is 14.2. The highest BCUT2D eigenvalue weighted by Gasteiger charge is 2.72. The maximum absolute atomic E-state index is 13.7. The molecule has 9 atom stereocenters. The molecule has 0 amide bonds. The van der Waals surface area contributed by atoms with Crippen LogP contribution in [0.3, 0.4) is 0 Å². The van der Waals surface area contributed by atoms with Crippen molar-refractivity contribution in [1.29, 1.82) is 0 Å². The number of carboxylic acids is 1. The van der Waals surface area contributed by atoms with E-state index >= 15 is 0 Å². The molecule has 6 nitrogen and oxygen atoms in total. The molecular weight excluding hydrogens is 504 g/mol. The first-order valence-corrected chi connectivity index (χ1v) is 15.8. The molecule has 40 heavy (non-hydrogen) atoms. The fourth-order valence-corrected chi connectivity index (χ4v) is 11.9. The average Bonchev–Trinajstić information content (AvgIpc) is 3.20. The molecule has 1 heterocycles. The molecule has 0 aromatic carbocycles. The first-order valence-electron chi connectivity index (χ1n) is 15.8. The van der Waals surface area contributed by atoms with Crippen LogP contribution in [0.15, 0.2) is 11.8 Å². The van der Waals surface area contributed by atoms with E-state index in [1.54, 1.807) is 0 Å². The van der Waals surface area contributed by atoms with Crippen LogP contribution in [0.4, 0.5) is 0 Å². The van der Waals surface area contributed by atoms with Crippen molar-refractivity contribution < 1.29 is 29.0 Å². The number of carbonyl (C=O) groups is 3. The Balaban J connectivity index is 1.37. The third kappa shape index (κ3) is 3.59. The molecule has 0 aromatic rings. The van der Waals surface area contributed by atoms with Crippen molar-refractivity contribution in [3.8, 4) is 0 Å². The lowest BCUT2D eigenvalue weighted by molar-refractivity contribution is -0.227. The summed E-state index contributed by atoms with van der Waals surface area (Å²) in [6.45, 7) is 17.3. The van der Waals surface area contributed by atoms with Crippen LogP contribution in [0.25, 0.3) is 0 Å². The zero-order valence-corrected chi connectivity index (χ0v) is 25.7. The van der Waals surface area contributed by atoms with E-state index in [2.05, 4.69) is 34.6 Å². The van der Waals surface area contributed by atoms with Crippen LogP contribution in [0.5, 0.6) is 0 Å². The summed E-state index contributed by atoms with van der Waals surface area (Å²) in [5, 5.41) is 9.02. The van der Waals surface area contributed by atoms with E-state index in [0.29, 0.717) is 29.3 Å². The summed E-state index contributed by atoms with van der Waals surface area (Å²) in [4.78, 5) is 37.3. The van der Waals surface area contributed by atoms with Crippen LogP contribution in [0, 0.1) is 56.2 Å². The fraction of sp³-hybridized carbons (Fsp3) is 0.853. The lowest BCUT2D eigenvalue weighted by Gasteiger charge is -2.72. The van der Waals surface area contributed by atoms with Gasteiger partial charge in [-0.2, -0.15) is 0 Å². The van der Waals surface area contributed by atoms with Crippen LogP contribution < -0.4 is 0 Å². The Labute approximate surface area is 240 Å². The quantitative estimate of drug-likeness (QED) is 0.378. The zero-order chi connectivity index (χ0) is 29.1. The van der Waals surface area contributed by atoms with Gasteiger partial charge >= 0.3 is 11.9 Å². The number of carboxylic acid groups (broad SMARTS) is 1. The summed E-state index contributed by atoms with van der Waals surface area (Å²) in [7, 11) is 0. The van der Waals surface area contributed by atoms with Gasteiger partial charge in [-0.05, 0) is 108 Å². The van der Waals surface area contributed by atoms with E-state index in [-0.39, 0.29) is 52.0 Å². The lowest BCUT2D eigenvalue weighted by Crippen LogP contribution is -2.67. The normalized spacial score (nSPS) is 48.1. The zero-order valence-electron chi connectivity index (χ0n) is 25.7. The minimum Gasteiger partial charge on any atom is -0.481 e. The minimum absolute atomic E-state index is 0.106. The number of Topliss-reactive ketones (excluding diaryl/α,β-unsaturated/α-hetero) is 1. The SMILES string of the molecule is CC1(C)CCC23CCC4(C)C(CCC5[C@@]6(C)C=C(OC(=O)CCC(=O)O)C(=O)C(C)(C)C6CC[C@]54C)C2C1OC3. The lowest BCUT2D eigenvalue weighted by atomic mass is 9.32. The summed E-state index contributed by atoms with van der Waals surface area (Å²) in [5.41, 5.74) is -0.0605. The fourth-order valence-electron chi connectivity index (χ4n) is 11.9. The maximum Gasteiger partial charge on any atom is 0.311 e. The van der Waals surface area contributed by atoms with Gasteiger partial charge in [0.25, 0.3) is 0 Å². The van der Waals surface area contributed by atoms with E-state index in [9.17, 15) is 14.4 Å². The predicted octanol–water partition coefficient (Wildman–Crippen LogP) is 6.96. The van der Waals surface area contributed by atoms with Crippen molar-refractivity contribution >= 4 is 17.7 Å². The number of ketones is 1. The first-order chi connectivity index (χ1) is 18.5. The molecule has 6 heteroatoms. The van der Waals surface area contributed by atoms with E-state index in [1.165, 1.54) is 32.1 Å². The van der Waals surface area contributed by atoms with E-state index in [1.807, 2.05) is 19.9 Å². The number of aliphatic carboxylic acids is 1. The number of rotatable bonds is 4. The standard InChI is InChI=1S/C34H50O6/c1-29(2)14-16-34-17-15-32(6)20(26(34)28(29)39-19-34)8-9-23-31(5)18-21(40-25(37)11-10-24(35)36)27(38)30(3,4)22(31)12-13-33(23,32)7/h18,20,22-23,26,28H,8-17,19H2,1-7H3,(H,35,36)/t20?,22?,23?,26?,28?,31-,32?,33+,34?/m0/s1. The van der Waals surface area contributed by atoms with E-state index < -0.39 is 17.4 Å². The Morgan fingerprint density at radius 3 is 2.30 bits per heavy atom. The molecule has 2 bridgehead atoms. The second-order valence-electron chi connectivity index (χ2n) is 16.6. The Morgan fingerprint density at radius 2 is 1.60 bits per heavy atom. The summed E-state index contributed by atoms with van der Waals surface area (Å²) in [6.07, 6.45) is 11.3. The largest absolute Gasteiger partial charge is 0.481 e. The molecule has 6 aliphatic rings. The summed E-state index contributed by atoms with van der Waals surface area (Å²) in [5.74, 6) is 0.158. The minimum atomic E-state index is -1.05. The van der Waals surface area contributed by atoms with Gasteiger partial charge in [0.05, 0.1) is 25.6 Å². The molecule has 1 aliphatic heterocycles. The number of hydrogen-bond acceptors (Lipinski definition) is 5. The molecule has 5 fully saturated rings. The van der Waals surface area contributed by atoms with Crippen LogP contribution >= 0.6 is 0 Å². The van der Waals surface area contributed by atoms with Crippen molar-refractivity contribution in [1.82, 2.24) is 0 Å². The van der Waals surface area contributed by atoms with Gasteiger partial charge in [-0.15, -0.1) is 0 Å². The maximum atomic E-state index is 13.7. The van der Waals surface area contributed by atoms with Gasteiger partial charge in [-0.3, -0.25) is 14.4 Å². The number of fused-ring (bicyclic) bond motifs is 5. The molecule has 0 radical (unpaired) electrons. The summed E-state index contributed by atoms with van der Waals surface area (Å²) >= 11 is 0. The van der Waals surface area contributed by atoms with Gasteiger partial charge in [-0.25, -0.2) is 0 Å². The van der Waals surface area contributed by atoms with Crippen LogP contribution in [0.1, 0.15) is 113 Å². The van der Waals surface area contributed by atoms with Crippen molar-refractivity contribution in [2.24, 2.45) is 56.2 Å². The first kappa shape index (κ1) is 28.4. The molecule has 1 N–H and O–H groups in total. The molecule has 0 aromatic heterocycles. The highest BCUT2D eigenvalue weighted by atomic mass is 16.5. The second-order valence-corrected chi connectivity index (χ2v) is 16.6. The van der Waals surface area contributed by atoms with Crippen LogP contribution in [-0.2, 0) is 23.9 Å². The monoisotopic (exact) mass is 554 g/mol. The highest BCUT2D eigenvalue weighted by Crippen LogP contribution is 2.77. The molecule has 7 unspecified atom stereocenters. The molecule has 5 aliphatic carbocycles. The smallest absolute Gasteiger partial charge is 0.311 e. The molecule has 1 saturated heterocycles. The van der Waals surface area contributed by atoms with E-state index in [4.69, 9.17) is 14.6 Å². The molecule has 222 valence electrons. The van der Waals surface area contributed by atoms with Gasteiger partial charge in [0.2, 0.25) is 5.78 Å². The summed E-state index contributed by atoms with van der Waals surface area (Å²) < 4.78 is 12.4. The van der Waals surface area contributed by atoms with Crippen LogP contribution in [-0.4, -0.2) is 35.5 Å². The van der Waals surface area contributed by atoms with Crippen LogP contribution in [0.2, 0.25) is 0 Å². The third-order valence-electron chi connectivity index (χ3n) is 14.2. The Morgan fingerprint density at radius 1 is 0.900 bits per heavy atom. The number of esters is 1. The average molecular weight is 555 g/mol. The van der Waals surface area contributed by atoms with Gasteiger partial charge in [0.1, 0.15) is 0 Å². The van der Waals surface area contributed by atoms with Crippen molar-refractivity contribution in [2.75, 3.05) is 6.61 Å². The van der Waals surface area contributed by atoms with E-state index in [0.717, 1.165) is 25.9 Å². The van der Waals surface area contributed by atoms with Crippen molar-refractivity contribution in [3.63, 3.8) is 0 Å². The molecular formula is C34H50O6. The summed E-state index contributed by atoms with van der Waals surface area (Å²) in [6, 6.07) is 0. The number of carbonyl (C=O) groups excluding carboxylic acids is 2. The number of ether oxygens (including phenoxy) is 2. The second kappa shape index (κ2) is 8.67. The van der Waals surface area contributed by atoms with Gasteiger partial charge in [-0.1, -0.05) is 48.5 Å². The number of hydrogen-bond donors (Lipinski definition) is 1. The van der Waals surface area contributed by atoms with Gasteiger partial charge in [0, 0.05) is 5.41 Å². The topological polar surface area (TPSA) is 89.9 Å². The Hall–Kier alpha value is -1.69. The number of allylic oxidation sites excluding steroid dienone is 2. The Kier molecular flexibility index (Phi) is 6.16. The van der Waals surface area contributed by atoms with Gasteiger partial charge < -0.3 is 14.6 Å². The van der Waals surface area contributed by atoms with Crippen molar-refractivity contribution in [2.45, 2.75) is 119 Å². The molecule has 6 rings (SSSR count). The highest BCUT2D eigenvalue weighted by molar-refractivity contribution is 6.01.